The Morgan fingerprint density at radius 1 is 0.958 bits per heavy atom. The summed E-state index contributed by atoms with van der Waals surface area (Å²) in [6, 6.07) is 8.09. The molecule has 7 heteroatoms. The van der Waals surface area contributed by atoms with E-state index in [4.69, 9.17) is 18.9 Å². The first-order valence-electron chi connectivity index (χ1n) is 7.16. The fourth-order valence-electron chi connectivity index (χ4n) is 2.22. The third-order valence-electron chi connectivity index (χ3n) is 3.59. The van der Waals surface area contributed by atoms with Gasteiger partial charge in [0.2, 0.25) is 0 Å². The molecule has 0 aliphatic heterocycles. The number of nitro benzene ring substituents is 1. The van der Waals surface area contributed by atoms with Gasteiger partial charge >= 0.3 is 5.69 Å². The first-order valence-corrected chi connectivity index (χ1v) is 7.16. The fraction of sp³-hybridized carbons (Fsp3) is 0.294. The molecule has 0 unspecified atom stereocenters. The van der Waals surface area contributed by atoms with Gasteiger partial charge in [-0.05, 0) is 42.3 Å². The van der Waals surface area contributed by atoms with Crippen molar-refractivity contribution in [1.82, 2.24) is 0 Å². The molecule has 0 saturated carbocycles. The maximum Gasteiger partial charge on any atom is 0.314 e. The van der Waals surface area contributed by atoms with Crippen LogP contribution in [-0.2, 0) is 6.61 Å². The number of ether oxygens (including phenoxy) is 4. The highest BCUT2D eigenvalue weighted by atomic mass is 16.6. The number of benzene rings is 2. The lowest BCUT2D eigenvalue weighted by atomic mass is 10.1. The summed E-state index contributed by atoms with van der Waals surface area (Å²) in [5.74, 6) is 1.77. The molecule has 128 valence electrons. The highest BCUT2D eigenvalue weighted by molar-refractivity contribution is 5.51. The van der Waals surface area contributed by atoms with Crippen LogP contribution in [0.2, 0.25) is 0 Å². The molecule has 0 amide bonds. The number of nitro groups is 1. The van der Waals surface area contributed by atoms with Gasteiger partial charge < -0.3 is 18.9 Å². The van der Waals surface area contributed by atoms with E-state index < -0.39 is 4.92 Å². The highest BCUT2D eigenvalue weighted by Gasteiger charge is 2.17. The molecule has 2 aromatic rings. The normalized spacial score (nSPS) is 10.2. The summed E-state index contributed by atoms with van der Waals surface area (Å²) in [6.07, 6.45) is 0. The monoisotopic (exact) mass is 333 g/mol. The number of aryl methyl sites for hydroxylation is 1. The summed E-state index contributed by atoms with van der Waals surface area (Å²) >= 11 is 0. The zero-order chi connectivity index (χ0) is 17.7. The van der Waals surface area contributed by atoms with E-state index >= 15 is 0 Å². The average molecular weight is 333 g/mol. The van der Waals surface area contributed by atoms with Gasteiger partial charge in [0.15, 0.2) is 17.2 Å². The predicted octanol–water partition coefficient (Wildman–Crippen LogP) is 3.51. The van der Waals surface area contributed by atoms with Gasteiger partial charge in [0.25, 0.3) is 0 Å². The molecule has 0 saturated heterocycles. The lowest BCUT2D eigenvalue weighted by molar-refractivity contribution is -0.386. The van der Waals surface area contributed by atoms with Crippen molar-refractivity contribution in [2.75, 3.05) is 21.3 Å². The first-order chi connectivity index (χ1) is 11.5. The molecule has 0 heterocycles. The highest BCUT2D eigenvalue weighted by Crippen LogP contribution is 2.34. The van der Waals surface area contributed by atoms with Crippen LogP contribution in [0.5, 0.6) is 23.0 Å². The second kappa shape index (κ2) is 7.54. The second-order valence-corrected chi connectivity index (χ2v) is 5.01. The van der Waals surface area contributed by atoms with Crippen molar-refractivity contribution in [3.63, 3.8) is 0 Å². The van der Waals surface area contributed by atoms with Crippen molar-refractivity contribution >= 4 is 5.69 Å². The van der Waals surface area contributed by atoms with E-state index in [1.807, 2.05) is 13.0 Å². The largest absolute Gasteiger partial charge is 0.496 e. The lowest BCUT2D eigenvalue weighted by Crippen LogP contribution is -2.02. The minimum Gasteiger partial charge on any atom is -0.496 e. The molecule has 0 radical (unpaired) electrons. The van der Waals surface area contributed by atoms with Gasteiger partial charge in [0.05, 0.1) is 32.3 Å². The Morgan fingerprint density at radius 2 is 1.62 bits per heavy atom. The van der Waals surface area contributed by atoms with Crippen LogP contribution in [0.25, 0.3) is 0 Å². The number of methoxy groups -OCH3 is 3. The van der Waals surface area contributed by atoms with E-state index in [1.54, 1.807) is 26.4 Å². The molecule has 0 spiro atoms. The summed E-state index contributed by atoms with van der Waals surface area (Å²) in [6.45, 7) is 2.07. The molecule has 24 heavy (non-hydrogen) atoms. The number of hydrogen-bond donors (Lipinski definition) is 0. The summed E-state index contributed by atoms with van der Waals surface area (Å²) in [5.41, 5.74) is 1.63. The molecule has 0 aromatic heterocycles. The lowest BCUT2D eigenvalue weighted by Gasteiger charge is -2.14. The number of hydrogen-bond acceptors (Lipinski definition) is 6. The Bertz CT molecular complexity index is 744. The van der Waals surface area contributed by atoms with Gasteiger partial charge in [0.1, 0.15) is 12.4 Å². The third-order valence-corrected chi connectivity index (χ3v) is 3.59. The van der Waals surface area contributed by atoms with Gasteiger partial charge in [-0.2, -0.15) is 0 Å². The molecule has 2 aromatic carbocycles. The average Bonchev–Trinajstić information content (AvgIpc) is 2.60. The topological polar surface area (TPSA) is 80.1 Å². The number of rotatable bonds is 7. The van der Waals surface area contributed by atoms with Crippen molar-refractivity contribution in [3.05, 3.63) is 51.6 Å². The fourth-order valence-corrected chi connectivity index (χ4v) is 2.22. The van der Waals surface area contributed by atoms with Crippen molar-refractivity contribution in [3.8, 4) is 23.0 Å². The van der Waals surface area contributed by atoms with Crippen LogP contribution < -0.4 is 18.9 Å². The van der Waals surface area contributed by atoms with Crippen LogP contribution in [0, 0.1) is 17.0 Å². The quantitative estimate of drug-likeness (QED) is 0.570. The molecule has 0 fully saturated rings. The number of nitrogens with zero attached hydrogens (tertiary/aromatic N) is 1. The van der Waals surface area contributed by atoms with Gasteiger partial charge in [-0.25, -0.2) is 0 Å². The smallest absolute Gasteiger partial charge is 0.314 e. The van der Waals surface area contributed by atoms with Crippen molar-refractivity contribution in [2.45, 2.75) is 13.5 Å². The predicted molar refractivity (Wildman–Crippen MR) is 88.3 cm³/mol. The van der Waals surface area contributed by atoms with E-state index in [1.165, 1.54) is 19.2 Å². The van der Waals surface area contributed by atoms with E-state index in [9.17, 15) is 10.1 Å². The molecule has 7 nitrogen and oxygen atoms in total. The molecule has 2 rings (SSSR count). The van der Waals surface area contributed by atoms with Gasteiger partial charge in [-0.15, -0.1) is 0 Å². The molecular formula is C17H19NO6. The summed E-state index contributed by atoms with van der Waals surface area (Å²) in [4.78, 5) is 10.7. The van der Waals surface area contributed by atoms with E-state index in [2.05, 4.69) is 0 Å². The van der Waals surface area contributed by atoms with E-state index in [-0.39, 0.29) is 18.0 Å². The maximum atomic E-state index is 11.2. The molecule has 0 aliphatic carbocycles. The Hall–Kier alpha value is -2.96. The molecule has 0 aliphatic rings. The molecular weight excluding hydrogens is 314 g/mol. The van der Waals surface area contributed by atoms with Gasteiger partial charge in [-0.3, -0.25) is 10.1 Å². The Morgan fingerprint density at radius 3 is 2.21 bits per heavy atom. The minimum atomic E-state index is -0.501. The summed E-state index contributed by atoms with van der Waals surface area (Å²) in [5, 5.41) is 11.2. The molecule has 0 bridgehead atoms. The van der Waals surface area contributed by atoms with Gasteiger partial charge in [0, 0.05) is 0 Å². The van der Waals surface area contributed by atoms with Crippen LogP contribution in [-0.4, -0.2) is 26.3 Å². The Kier molecular flexibility index (Phi) is 5.47. The van der Waals surface area contributed by atoms with Crippen LogP contribution in [0.3, 0.4) is 0 Å². The minimum absolute atomic E-state index is 0.146. The van der Waals surface area contributed by atoms with Crippen LogP contribution in [0.15, 0.2) is 30.3 Å². The second-order valence-electron chi connectivity index (χ2n) is 5.01. The van der Waals surface area contributed by atoms with Gasteiger partial charge in [-0.1, -0.05) is 0 Å². The first kappa shape index (κ1) is 17.4. The van der Waals surface area contributed by atoms with E-state index in [0.29, 0.717) is 17.2 Å². The Balaban J connectivity index is 2.26. The zero-order valence-electron chi connectivity index (χ0n) is 14.0. The van der Waals surface area contributed by atoms with Crippen molar-refractivity contribution < 1.29 is 23.9 Å². The molecule has 0 N–H and O–H groups in total. The van der Waals surface area contributed by atoms with Crippen molar-refractivity contribution in [2.24, 2.45) is 0 Å². The summed E-state index contributed by atoms with van der Waals surface area (Å²) < 4.78 is 21.2. The van der Waals surface area contributed by atoms with Crippen LogP contribution in [0.4, 0.5) is 5.69 Å². The van der Waals surface area contributed by atoms with Crippen molar-refractivity contribution in [1.29, 1.82) is 0 Å². The third kappa shape index (κ3) is 3.68. The van der Waals surface area contributed by atoms with E-state index in [0.717, 1.165) is 11.1 Å². The zero-order valence-corrected chi connectivity index (χ0v) is 14.0. The summed E-state index contributed by atoms with van der Waals surface area (Å²) in [7, 11) is 4.56. The van der Waals surface area contributed by atoms with Crippen LogP contribution >= 0.6 is 0 Å². The standard InChI is InChI=1S/C17H19NO6/c1-11-7-16(22-3)17(23-4)8-12(11)10-24-15-6-5-13(21-2)9-14(15)18(19)20/h5-9H,10H2,1-4H3. The SMILES string of the molecule is COc1ccc(OCc2cc(OC)c(OC)cc2C)c([N+](=O)[O-])c1. The maximum absolute atomic E-state index is 11.2. The molecule has 0 atom stereocenters. The Labute approximate surface area is 139 Å². The van der Waals surface area contributed by atoms with Crippen LogP contribution in [0.1, 0.15) is 11.1 Å².